The number of hydrogen-bond donors (Lipinski definition) is 0. The van der Waals surface area contributed by atoms with Crippen molar-refractivity contribution >= 4 is 32.9 Å². The van der Waals surface area contributed by atoms with Crippen molar-refractivity contribution in [2.45, 2.75) is 25.8 Å². The van der Waals surface area contributed by atoms with Crippen molar-refractivity contribution in [1.82, 2.24) is 14.9 Å². The van der Waals surface area contributed by atoms with Crippen molar-refractivity contribution in [2.24, 2.45) is 0 Å². The molecule has 0 aromatic carbocycles. The van der Waals surface area contributed by atoms with Crippen LogP contribution in [0.1, 0.15) is 24.1 Å². The molecule has 0 radical (unpaired) electrons. The Bertz CT molecular complexity index is 714. The molecule has 0 fully saturated rings. The van der Waals surface area contributed by atoms with Gasteiger partial charge < -0.3 is 4.90 Å². The quantitative estimate of drug-likeness (QED) is 0.802. The largest absolute Gasteiger partial charge is 0.338 e. The van der Waals surface area contributed by atoms with E-state index in [1.54, 1.807) is 12.3 Å². The minimum atomic E-state index is 0.188. The third kappa shape index (κ3) is 2.97. The van der Waals surface area contributed by atoms with Gasteiger partial charge in [0, 0.05) is 47.7 Å². The van der Waals surface area contributed by atoms with Gasteiger partial charge in [0.05, 0.1) is 0 Å². The molecule has 1 aliphatic rings. The highest BCUT2D eigenvalue weighted by Crippen LogP contribution is 2.24. The molecule has 1 aliphatic heterocycles. The standard InChI is InChI=1S/C16H16BrN3O/c1-2-3-4-15(21)20-6-5-14-12(10-20)7-11-8-13(17)9-18-16(11)19-14/h2,7-9H,1,3-6,10H2. The minimum Gasteiger partial charge on any atom is -0.338 e. The molecule has 0 atom stereocenters. The van der Waals surface area contributed by atoms with E-state index in [1.165, 1.54) is 0 Å². The second-order valence-corrected chi connectivity index (χ2v) is 6.10. The molecule has 0 unspecified atom stereocenters. The number of amides is 1. The predicted octanol–water partition coefficient (Wildman–Crippen LogP) is 3.24. The molecule has 1 amide bonds. The number of pyridine rings is 2. The van der Waals surface area contributed by atoms with Gasteiger partial charge in [0.2, 0.25) is 5.91 Å². The average molecular weight is 346 g/mol. The summed E-state index contributed by atoms with van der Waals surface area (Å²) in [5.74, 6) is 0.188. The number of hydrogen-bond acceptors (Lipinski definition) is 3. The maximum Gasteiger partial charge on any atom is 0.223 e. The fourth-order valence-corrected chi connectivity index (χ4v) is 2.94. The van der Waals surface area contributed by atoms with Gasteiger partial charge in [-0.3, -0.25) is 4.79 Å². The fourth-order valence-electron chi connectivity index (χ4n) is 2.59. The van der Waals surface area contributed by atoms with Gasteiger partial charge in [0.1, 0.15) is 0 Å². The van der Waals surface area contributed by atoms with Gasteiger partial charge in [0.15, 0.2) is 5.65 Å². The molecule has 0 saturated carbocycles. The van der Waals surface area contributed by atoms with E-state index in [2.05, 4.69) is 38.5 Å². The summed E-state index contributed by atoms with van der Waals surface area (Å²) < 4.78 is 0.937. The first kappa shape index (κ1) is 14.2. The van der Waals surface area contributed by atoms with Crippen molar-refractivity contribution in [2.75, 3.05) is 6.54 Å². The molecule has 0 N–H and O–H groups in total. The number of rotatable bonds is 3. The van der Waals surface area contributed by atoms with Crippen LogP contribution in [0.15, 0.2) is 35.5 Å². The fraction of sp³-hybridized carbons (Fsp3) is 0.312. The Balaban J connectivity index is 1.87. The lowest BCUT2D eigenvalue weighted by molar-refractivity contribution is -0.132. The summed E-state index contributed by atoms with van der Waals surface area (Å²) in [6.45, 7) is 5.04. The van der Waals surface area contributed by atoms with E-state index in [0.29, 0.717) is 13.0 Å². The van der Waals surface area contributed by atoms with Crippen LogP contribution in [0.25, 0.3) is 11.0 Å². The van der Waals surface area contributed by atoms with Crippen molar-refractivity contribution in [1.29, 1.82) is 0 Å². The second kappa shape index (κ2) is 5.93. The Hall–Kier alpha value is -1.75. The van der Waals surface area contributed by atoms with Gasteiger partial charge in [-0.1, -0.05) is 6.08 Å². The Morgan fingerprint density at radius 1 is 1.48 bits per heavy atom. The van der Waals surface area contributed by atoms with Crippen molar-refractivity contribution in [3.8, 4) is 0 Å². The number of aromatic nitrogens is 2. The number of fused-ring (bicyclic) bond motifs is 2. The molecule has 0 spiro atoms. The van der Waals surface area contributed by atoms with E-state index < -0.39 is 0 Å². The highest BCUT2D eigenvalue weighted by molar-refractivity contribution is 9.10. The predicted molar refractivity (Wildman–Crippen MR) is 85.8 cm³/mol. The lowest BCUT2D eigenvalue weighted by Gasteiger charge is -2.28. The van der Waals surface area contributed by atoms with Crippen LogP contribution in [0.4, 0.5) is 0 Å². The molecule has 4 nitrogen and oxygen atoms in total. The lowest BCUT2D eigenvalue weighted by atomic mass is 10.0. The minimum absolute atomic E-state index is 0.188. The van der Waals surface area contributed by atoms with Crippen LogP contribution in [0, 0.1) is 0 Å². The van der Waals surface area contributed by atoms with Gasteiger partial charge in [-0.15, -0.1) is 6.58 Å². The molecule has 108 valence electrons. The smallest absolute Gasteiger partial charge is 0.223 e. The third-order valence-electron chi connectivity index (χ3n) is 3.70. The molecule has 3 heterocycles. The summed E-state index contributed by atoms with van der Waals surface area (Å²) >= 11 is 3.43. The van der Waals surface area contributed by atoms with Gasteiger partial charge in [-0.25, -0.2) is 9.97 Å². The number of nitrogens with zero attached hydrogens (tertiary/aromatic N) is 3. The molecule has 2 aromatic rings. The van der Waals surface area contributed by atoms with Crippen LogP contribution in [-0.4, -0.2) is 27.3 Å². The molecule has 5 heteroatoms. The van der Waals surface area contributed by atoms with Crippen LogP contribution < -0.4 is 0 Å². The summed E-state index contributed by atoms with van der Waals surface area (Å²) in [4.78, 5) is 23.0. The number of allylic oxidation sites excluding steroid dienone is 1. The Labute approximate surface area is 132 Å². The number of carbonyl (C=O) groups is 1. The van der Waals surface area contributed by atoms with E-state index in [9.17, 15) is 4.79 Å². The Morgan fingerprint density at radius 2 is 2.33 bits per heavy atom. The average Bonchev–Trinajstić information content (AvgIpc) is 2.50. The normalized spacial score (nSPS) is 14.0. The maximum atomic E-state index is 12.1. The molecular formula is C16H16BrN3O. The topological polar surface area (TPSA) is 46.1 Å². The van der Waals surface area contributed by atoms with Gasteiger partial charge in [-0.2, -0.15) is 0 Å². The summed E-state index contributed by atoms with van der Waals surface area (Å²) in [5.41, 5.74) is 2.95. The summed E-state index contributed by atoms with van der Waals surface area (Å²) in [6, 6.07) is 4.11. The van der Waals surface area contributed by atoms with Crippen LogP contribution in [0.2, 0.25) is 0 Å². The number of halogens is 1. The highest BCUT2D eigenvalue weighted by Gasteiger charge is 2.21. The van der Waals surface area contributed by atoms with E-state index in [1.807, 2.05) is 11.0 Å². The second-order valence-electron chi connectivity index (χ2n) is 5.19. The molecular weight excluding hydrogens is 330 g/mol. The van der Waals surface area contributed by atoms with Crippen molar-refractivity contribution < 1.29 is 4.79 Å². The summed E-state index contributed by atoms with van der Waals surface area (Å²) in [6.07, 6.45) is 5.61. The van der Waals surface area contributed by atoms with E-state index >= 15 is 0 Å². The van der Waals surface area contributed by atoms with E-state index in [-0.39, 0.29) is 5.91 Å². The van der Waals surface area contributed by atoms with Gasteiger partial charge >= 0.3 is 0 Å². The number of carbonyl (C=O) groups excluding carboxylic acids is 1. The molecule has 0 saturated heterocycles. The SMILES string of the molecule is C=CCCC(=O)N1CCc2nc3ncc(Br)cc3cc2C1. The van der Waals surface area contributed by atoms with Crippen LogP contribution >= 0.6 is 15.9 Å². The molecule has 2 aromatic heterocycles. The van der Waals surface area contributed by atoms with E-state index in [0.717, 1.165) is 46.1 Å². The highest BCUT2D eigenvalue weighted by atomic mass is 79.9. The zero-order valence-corrected chi connectivity index (χ0v) is 13.3. The monoisotopic (exact) mass is 345 g/mol. The van der Waals surface area contributed by atoms with E-state index in [4.69, 9.17) is 0 Å². The molecule has 3 rings (SSSR count). The molecule has 21 heavy (non-hydrogen) atoms. The molecule has 0 aliphatic carbocycles. The van der Waals surface area contributed by atoms with Crippen molar-refractivity contribution in [3.05, 3.63) is 46.7 Å². The van der Waals surface area contributed by atoms with Crippen LogP contribution in [0.5, 0.6) is 0 Å². The summed E-state index contributed by atoms with van der Waals surface area (Å²) in [5, 5.41) is 1.00. The van der Waals surface area contributed by atoms with Crippen LogP contribution in [0.3, 0.4) is 0 Å². The lowest BCUT2D eigenvalue weighted by Crippen LogP contribution is -2.36. The first-order valence-corrected chi connectivity index (χ1v) is 7.79. The van der Waals surface area contributed by atoms with Crippen LogP contribution in [-0.2, 0) is 17.8 Å². The van der Waals surface area contributed by atoms with Gasteiger partial charge in [0.25, 0.3) is 0 Å². The van der Waals surface area contributed by atoms with Gasteiger partial charge in [-0.05, 0) is 40.0 Å². The Kier molecular flexibility index (Phi) is 4.01. The zero-order chi connectivity index (χ0) is 14.8. The molecule has 0 bridgehead atoms. The first-order valence-electron chi connectivity index (χ1n) is 7.00. The summed E-state index contributed by atoms with van der Waals surface area (Å²) in [7, 11) is 0. The maximum absolute atomic E-state index is 12.1. The Morgan fingerprint density at radius 3 is 3.14 bits per heavy atom. The first-order chi connectivity index (χ1) is 10.2. The third-order valence-corrected chi connectivity index (χ3v) is 4.13. The zero-order valence-electron chi connectivity index (χ0n) is 11.7. The van der Waals surface area contributed by atoms with Crippen molar-refractivity contribution in [3.63, 3.8) is 0 Å².